The maximum atomic E-state index is 11.8. The number of nitrogens with one attached hydrogen (secondary N) is 2. The van der Waals surface area contributed by atoms with Gasteiger partial charge in [0.2, 0.25) is 17.0 Å². The van der Waals surface area contributed by atoms with E-state index in [2.05, 4.69) is 32.6 Å². The third-order valence-corrected chi connectivity index (χ3v) is 3.78. The zero-order valence-corrected chi connectivity index (χ0v) is 12.7. The van der Waals surface area contributed by atoms with Crippen molar-refractivity contribution in [2.45, 2.75) is 31.0 Å². The Labute approximate surface area is 127 Å². The summed E-state index contributed by atoms with van der Waals surface area (Å²) >= 11 is 1.26. The van der Waals surface area contributed by atoms with Crippen molar-refractivity contribution < 1.29 is 4.79 Å². The molecule has 0 aliphatic carbocycles. The molecule has 7 heteroatoms. The van der Waals surface area contributed by atoms with Gasteiger partial charge in [-0.25, -0.2) is 5.10 Å². The molecule has 0 bridgehead atoms. The van der Waals surface area contributed by atoms with Gasteiger partial charge < -0.3 is 11.1 Å². The van der Waals surface area contributed by atoms with Gasteiger partial charge in [-0.15, -0.1) is 5.10 Å². The number of rotatable bonds is 7. The molecular weight excluding hydrogens is 286 g/mol. The number of carbonyl (C=O) groups excluding carboxylic acids is 1. The molecule has 2 rings (SSSR count). The van der Waals surface area contributed by atoms with Crippen LogP contribution in [-0.2, 0) is 11.2 Å². The van der Waals surface area contributed by atoms with Crippen molar-refractivity contribution in [1.29, 1.82) is 0 Å². The lowest BCUT2D eigenvalue weighted by Gasteiger charge is -2.13. The van der Waals surface area contributed by atoms with Crippen LogP contribution in [0, 0.1) is 0 Å². The summed E-state index contributed by atoms with van der Waals surface area (Å²) in [6.45, 7) is 2.01. The highest BCUT2D eigenvalue weighted by Crippen LogP contribution is 2.12. The maximum Gasteiger partial charge on any atom is 0.230 e. The normalized spacial score (nSPS) is 12.0. The second-order valence-corrected chi connectivity index (χ2v) is 5.73. The molecule has 112 valence electrons. The molecule has 0 aliphatic heterocycles. The highest BCUT2D eigenvalue weighted by Gasteiger charge is 2.10. The second-order valence-electron chi connectivity index (χ2n) is 4.78. The van der Waals surface area contributed by atoms with Crippen LogP contribution in [0.15, 0.2) is 35.5 Å². The molecule has 1 aromatic carbocycles. The molecule has 0 radical (unpaired) electrons. The van der Waals surface area contributed by atoms with Crippen LogP contribution in [0.3, 0.4) is 0 Å². The molecule has 0 spiro atoms. The fourth-order valence-corrected chi connectivity index (χ4v) is 2.49. The summed E-state index contributed by atoms with van der Waals surface area (Å²) in [4.78, 5) is 15.7. The van der Waals surface area contributed by atoms with Crippen LogP contribution in [0.25, 0.3) is 0 Å². The van der Waals surface area contributed by atoms with Gasteiger partial charge in [0.1, 0.15) is 0 Å². The minimum atomic E-state index is -0.0241. The SMILES string of the molecule is C[C@H](CCc1ccccc1)NC(=O)CSc1n[nH]c(N)n1. The summed E-state index contributed by atoms with van der Waals surface area (Å²) in [7, 11) is 0. The smallest absolute Gasteiger partial charge is 0.230 e. The van der Waals surface area contributed by atoms with Crippen molar-refractivity contribution in [3.63, 3.8) is 0 Å². The molecule has 21 heavy (non-hydrogen) atoms. The van der Waals surface area contributed by atoms with E-state index in [-0.39, 0.29) is 23.7 Å². The Balaban J connectivity index is 1.67. The van der Waals surface area contributed by atoms with Gasteiger partial charge in [0, 0.05) is 6.04 Å². The Hall–Kier alpha value is -2.02. The Morgan fingerprint density at radius 2 is 2.19 bits per heavy atom. The van der Waals surface area contributed by atoms with E-state index >= 15 is 0 Å². The summed E-state index contributed by atoms with van der Waals surface area (Å²) in [5.74, 6) is 0.519. The van der Waals surface area contributed by atoms with Gasteiger partial charge in [0.25, 0.3) is 0 Å². The van der Waals surface area contributed by atoms with Crippen molar-refractivity contribution >= 4 is 23.6 Å². The predicted molar refractivity (Wildman–Crippen MR) is 83.9 cm³/mol. The lowest BCUT2D eigenvalue weighted by atomic mass is 10.1. The molecule has 1 atom stereocenters. The lowest BCUT2D eigenvalue weighted by molar-refractivity contribution is -0.119. The summed E-state index contributed by atoms with van der Waals surface area (Å²) in [6.07, 6.45) is 1.86. The van der Waals surface area contributed by atoms with Gasteiger partial charge in [-0.05, 0) is 25.3 Å². The van der Waals surface area contributed by atoms with Crippen LogP contribution >= 0.6 is 11.8 Å². The third-order valence-electron chi connectivity index (χ3n) is 2.93. The number of aromatic nitrogens is 3. The number of nitrogens with two attached hydrogens (primary N) is 1. The highest BCUT2D eigenvalue weighted by atomic mass is 32.2. The molecule has 4 N–H and O–H groups in total. The number of anilines is 1. The van der Waals surface area contributed by atoms with E-state index in [9.17, 15) is 4.79 Å². The van der Waals surface area contributed by atoms with E-state index in [1.165, 1.54) is 17.3 Å². The van der Waals surface area contributed by atoms with Crippen LogP contribution in [0.2, 0.25) is 0 Å². The molecule has 6 nitrogen and oxygen atoms in total. The third kappa shape index (κ3) is 5.47. The first-order valence-electron chi connectivity index (χ1n) is 6.77. The number of carbonyl (C=O) groups is 1. The molecule has 1 aromatic heterocycles. The monoisotopic (exact) mass is 305 g/mol. The van der Waals surface area contributed by atoms with Gasteiger partial charge in [0.15, 0.2) is 0 Å². The van der Waals surface area contributed by atoms with Crippen LogP contribution < -0.4 is 11.1 Å². The number of benzene rings is 1. The summed E-state index contributed by atoms with van der Waals surface area (Å²) in [5.41, 5.74) is 6.70. The first kappa shape index (κ1) is 15.4. The van der Waals surface area contributed by atoms with Crippen molar-refractivity contribution in [2.75, 3.05) is 11.5 Å². The van der Waals surface area contributed by atoms with Crippen LogP contribution in [-0.4, -0.2) is 32.9 Å². The van der Waals surface area contributed by atoms with Gasteiger partial charge >= 0.3 is 0 Å². The lowest BCUT2D eigenvalue weighted by Crippen LogP contribution is -2.34. The quantitative estimate of drug-likeness (QED) is 0.675. The van der Waals surface area contributed by atoms with Gasteiger partial charge in [-0.1, -0.05) is 42.1 Å². The van der Waals surface area contributed by atoms with E-state index in [0.29, 0.717) is 5.16 Å². The highest BCUT2D eigenvalue weighted by molar-refractivity contribution is 7.99. The van der Waals surface area contributed by atoms with Crippen LogP contribution in [0.5, 0.6) is 0 Å². The Bertz CT molecular complexity index is 572. The molecule has 2 aromatic rings. The minimum absolute atomic E-state index is 0.0241. The number of aryl methyl sites for hydroxylation is 1. The first-order valence-corrected chi connectivity index (χ1v) is 7.76. The second kappa shape index (κ2) is 7.68. The molecule has 0 fully saturated rings. The number of aromatic amines is 1. The van der Waals surface area contributed by atoms with Crippen molar-refractivity contribution in [1.82, 2.24) is 20.5 Å². The number of hydrogen-bond donors (Lipinski definition) is 3. The largest absolute Gasteiger partial charge is 0.368 e. The number of nitrogens with zero attached hydrogens (tertiary/aromatic N) is 2. The topological polar surface area (TPSA) is 96.7 Å². The van der Waals surface area contributed by atoms with E-state index in [0.717, 1.165) is 12.8 Å². The number of hydrogen-bond acceptors (Lipinski definition) is 5. The Kier molecular flexibility index (Phi) is 5.62. The number of amides is 1. The molecular formula is C14H19N5OS. The average Bonchev–Trinajstić information content (AvgIpc) is 2.90. The molecule has 0 unspecified atom stereocenters. The zero-order valence-electron chi connectivity index (χ0n) is 11.9. The van der Waals surface area contributed by atoms with E-state index in [4.69, 9.17) is 5.73 Å². The average molecular weight is 305 g/mol. The molecule has 0 aliphatic rings. The van der Waals surface area contributed by atoms with Gasteiger partial charge in [0.05, 0.1) is 5.75 Å². The van der Waals surface area contributed by atoms with E-state index < -0.39 is 0 Å². The number of nitrogen functional groups attached to an aromatic ring is 1. The van der Waals surface area contributed by atoms with E-state index in [1.54, 1.807) is 0 Å². The maximum absolute atomic E-state index is 11.8. The molecule has 1 amide bonds. The predicted octanol–water partition coefficient (Wildman–Crippen LogP) is 1.62. The summed E-state index contributed by atoms with van der Waals surface area (Å²) in [6, 6.07) is 10.4. The standard InChI is InChI=1S/C14H19N5OS/c1-10(7-8-11-5-3-2-4-6-11)16-12(20)9-21-14-17-13(15)18-19-14/h2-6,10H,7-9H2,1H3,(H,16,20)(H3,15,17,18,19)/t10-/m1/s1. The fourth-order valence-electron chi connectivity index (χ4n) is 1.87. The van der Waals surface area contributed by atoms with Gasteiger partial charge in [-0.3, -0.25) is 4.79 Å². The van der Waals surface area contributed by atoms with Crippen LogP contribution in [0.1, 0.15) is 18.9 Å². The number of H-pyrrole nitrogens is 1. The molecule has 1 heterocycles. The van der Waals surface area contributed by atoms with Crippen molar-refractivity contribution in [3.8, 4) is 0 Å². The Morgan fingerprint density at radius 1 is 1.43 bits per heavy atom. The van der Waals surface area contributed by atoms with Crippen molar-refractivity contribution in [2.24, 2.45) is 0 Å². The summed E-state index contributed by atoms with van der Waals surface area (Å²) < 4.78 is 0. The minimum Gasteiger partial charge on any atom is -0.368 e. The molecule has 0 saturated heterocycles. The van der Waals surface area contributed by atoms with E-state index in [1.807, 2.05) is 25.1 Å². The zero-order chi connectivity index (χ0) is 15.1. The van der Waals surface area contributed by atoms with Gasteiger partial charge in [-0.2, -0.15) is 4.98 Å². The molecule has 0 saturated carbocycles. The summed E-state index contributed by atoms with van der Waals surface area (Å²) in [5, 5.41) is 9.86. The van der Waals surface area contributed by atoms with Crippen LogP contribution in [0.4, 0.5) is 5.95 Å². The fraction of sp³-hybridized carbons (Fsp3) is 0.357. The van der Waals surface area contributed by atoms with Crippen molar-refractivity contribution in [3.05, 3.63) is 35.9 Å². The number of thioether (sulfide) groups is 1. The Morgan fingerprint density at radius 3 is 2.86 bits per heavy atom. The first-order chi connectivity index (χ1) is 10.1.